The Balaban J connectivity index is 1.21. The van der Waals surface area contributed by atoms with Gasteiger partial charge < -0.3 is 4.98 Å². The molecule has 1 aliphatic heterocycles. The number of aromatic nitrogens is 7. The molecular weight excluding hydrogens is 368 g/mol. The van der Waals surface area contributed by atoms with Crippen molar-refractivity contribution in [2.45, 2.75) is 25.9 Å². The van der Waals surface area contributed by atoms with E-state index in [1.165, 1.54) is 6.33 Å². The van der Waals surface area contributed by atoms with Crippen molar-refractivity contribution < 1.29 is 0 Å². The maximum Gasteiger partial charge on any atom is 0.266 e. The van der Waals surface area contributed by atoms with E-state index in [0.29, 0.717) is 18.3 Å². The molecule has 0 atom stereocenters. The van der Waals surface area contributed by atoms with Crippen LogP contribution in [-0.4, -0.2) is 52.5 Å². The molecule has 0 unspecified atom stereocenters. The minimum Gasteiger partial charge on any atom is -0.341 e. The SMILES string of the molecule is O=c1ccc(-n2cncn2)nn1CC1CCN(Cc2nc3ccccc3[nH]2)CC1. The molecule has 0 aliphatic carbocycles. The van der Waals surface area contributed by atoms with Crippen molar-refractivity contribution in [3.63, 3.8) is 0 Å². The van der Waals surface area contributed by atoms with Gasteiger partial charge in [0, 0.05) is 12.6 Å². The van der Waals surface area contributed by atoms with Crippen molar-refractivity contribution in [3.8, 4) is 5.82 Å². The Bertz CT molecular complexity index is 1120. The zero-order valence-corrected chi connectivity index (χ0v) is 16.0. The normalized spacial score (nSPS) is 15.9. The molecule has 0 spiro atoms. The third-order valence-electron chi connectivity index (χ3n) is 5.46. The van der Waals surface area contributed by atoms with Gasteiger partial charge in [-0.1, -0.05) is 12.1 Å². The van der Waals surface area contributed by atoms with Crippen LogP contribution in [0, 0.1) is 5.92 Å². The summed E-state index contributed by atoms with van der Waals surface area (Å²) in [6, 6.07) is 11.3. The monoisotopic (exact) mass is 390 g/mol. The van der Waals surface area contributed by atoms with E-state index >= 15 is 0 Å². The van der Waals surface area contributed by atoms with E-state index in [0.717, 1.165) is 49.3 Å². The van der Waals surface area contributed by atoms with Crippen molar-refractivity contribution in [2.24, 2.45) is 5.92 Å². The van der Waals surface area contributed by atoms with Crippen LogP contribution in [0.2, 0.25) is 0 Å². The maximum atomic E-state index is 12.2. The molecule has 0 saturated carbocycles. The van der Waals surface area contributed by atoms with E-state index in [2.05, 4.69) is 36.1 Å². The van der Waals surface area contributed by atoms with Crippen LogP contribution in [0.25, 0.3) is 16.9 Å². The molecular formula is C20H22N8O. The number of nitrogens with zero attached hydrogens (tertiary/aromatic N) is 7. The highest BCUT2D eigenvalue weighted by Gasteiger charge is 2.21. The summed E-state index contributed by atoms with van der Waals surface area (Å²) in [6.45, 7) is 3.42. The van der Waals surface area contributed by atoms with Crippen LogP contribution in [0.3, 0.4) is 0 Å². The fourth-order valence-electron chi connectivity index (χ4n) is 3.88. The summed E-state index contributed by atoms with van der Waals surface area (Å²) < 4.78 is 3.11. The lowest BCUT2D eigenvalue weighted by molar-refractivity contribution is 0.161. The van der Waals surface area contributed by atoms with E-state index in [9.17, 15) is 4.79 Å². The van der Waals surface area contributed by atoms with Crippen molar-refractivity contribution >= 4 is 11.0 Å². The van der Waals surface area contributed by atoms with Crippen LogP contribution in [-0.2, 0) is 13.1 Å². The molecule has 0 radical (unpaired) electrons. The minimum atomic E-state index is -0.0847. The number of nitrogens with one attached hydrogen (secondary N) is 1. The topological polar surface area (TPSA) is 97.5 Å². The zero-order chi connectivity index (χ0) is 19.6. The number of likely N-dealkylation sites (tertiary alicyclic amines) is 1. The van der Waals surface area contributed by atoms with Crippen LogP contribution in [0.5, 0.6) is 0 Å². The second-order valence-electron chi connectivity index (χ2n) is 7.47. The summed E-state index contributed by atoms with van der Waals surface area (Å²) in [5.74, 6) is 2.03. The number of piperidine rings is 1. The molecule has 1 saturated heterocycles. The third-order valence-corrected chi connectivity index (χ3v) is 5.46. The van der Waals surface area contributed by atoms with Gasteiger partial charge >= 0.3 is 0 Å². The number of imidazole rings is 1. The summed E-state index contributed by atoms with van der Waals surface area (Å²) in [5, 5.41) is 8.54. The molecule has 1 fully saturated rings. The minimum absolute atomic E-state index is 0.0847. The van der Waals surface area contributed by atoms with Crippen LogP contribution >= 0.6 is 0 Å². The number of fused-ring (bicyclic) bond motifs is 1. The number of para-hydroxylation sites is 2. The van der Waals surface area contributed by atoms with Gasteiger partial charge in [0.1, 0.15) is 18.5 Å². The van der Waals surface area contributed by atoms with Crippen molar-refractivity contribution in [3.05, 3.63) is 65.2 Å². The van der Waals surface area contributed by atoms with Crippen LogP contribution < -0.4 is 5.56 Å². The smallest absolute Gasteiger partial charge is 0.266 e. The summed E-state index contributed by atoms with van der Waals surface area (Å²) in [4.78, 5) is 26.7. The number of H-pyrrole nitrogens is 1. The Kier molecular flexibility index (Phi) is 4.65. The fraction of sp³-hybridized carbons (Fsp3) is 0.350. The molecule has 1 aliphatic rings. The molecule has 1 N–H and O–H groups in total. The molecule has 29 heavy (non-hydrogen) atoms. The number of benzene rings is 1. The van der Waals surface area contributed by atoms with E-state index in [1.807, 2.05) is 18.2 Å². The van der Waals surface area contributed by atoms with E-state index < -0.39 is 0 Å². The van der Waals surface area contributed by atoms with Crippen molar-refractivity contribution in [1.82, 2.24) is 39.4 Å². The first-order chi connectivity index (χ1) is 14.2. The molecule has 0 amide bonds. The highest BCUT2D eigenvalue weighted by molar-refractivity contribution is 5.74. The van der Waals surface area contributed by atoms with Crippen molar-refractivity contribution in [1.29, 1.82) is 0 Å². The lowest BCUT2D eigenvalue weighted by atomic mass is 9.97. The highest BCUT2D eigenvalue weighted by atomic mass is 16.1. The summed E-state index contributed by atoms with van der Waals surface area (Å²) in [5.41, 5.74) is 2.00. The maximum absolute atomic E-state index is 12.2. The second kappa shape index (κ2) is 7.59. The molecule has 9 heteroatoms. The number of hydrogen-bond acceptors (Lipinski definition) is 6. The third kappa shape index (κ3) is 3.81. The van der Waals surface area contributed by atoms with Gasteiger partial charge in [-0.3, -0.25) is 9.69 Å². The van der Waals surface area contributed by atoms with Gasteiger partial charge in [-0.25, -0.2) is 19.3 Å². The zero-order valence-electron chi connectivity index (χ0n) is 16.0. The number of hydrogen-bond donors (Lipinski definition) is 1. The largest absolute Gasteiger partial charge is 0.341 e. The molecule has 5 rings (SSSR count). The van der Waals surface area contributed by atoms with Gasteiger partial charge in [0.2, 0.25) is 0 Å². The molecule has 4 heterocycles. The predicted molar refractivity (Wildman–Crippen MR) is 108 cm³/mol. The molecule has 1 aromatic carbocycles. The van der Waals surface area contributed by atoms with E-state index in [4.69, 9.17) is 0 Å². The molecule has 9 nitrogen and oxygen atoms in total. The first kappa shape index (κ1) is 17.7. The second-order valence-corrected chi connectivity index (χ2v) is 7.47. The molecule has 0 bridgehead atoms. The molecule has 4 aromatic rings. The number of rotatable bonds is 5. The van der Waals surface area contributed by atoms with E-state index in [1.54, 1.807) is 27.8 Å². The first-order valence-electron chi connectivity index (χ1n) is 9.84. The summed E-state index contributed by atoms with van der Waals surface area (Å²) >= 11 is 0. The molecule has 148 valence electrons. The van der Waals surface area contributed by atoms with Gasteiger partial charge in [0.25, 0.3) is 5.56 Å². The molecule has 3 aromatic heterocycles. The van der Waals surface area contributed by atoms with Crippen LogP contribution in [0.1, 0.15) is 18.7 Å². The van der Waals surface area contributed by atoms with Gasteiger partial charge in [0.15, 0.2) is 5.82 Å². The Morgan fingerprint density at radius 3 is 2.76 bits per heavy atom. The Labute approximate surface area is 167 Å². The van der Waals surface area contributed by atoms with Gasteiger partial charge in [-0.05, 0) is 50.0 Å². The number of aromatic amines is 1. The first-order valence-corrected chi connectivity index (χ1v) is 9.84. The average Bonchev–Trinajstić information content (AvgIpc) is 3.40. The van der Waals surface area contributed by atoms with Gasteiger partial charge in [0.05, 0.1) is 17.6 Å². The Hall–Kier alpha value is -3.33. The Morgan fingerprint density at radius 1 is 1.10 bits per heavy atom. The van der Waals surface area contributed by atoms with Gasteiger partial charge in [-0.15, -0.1) is 5.10 Å². The predicted octanol–water partition coefficient (Wildman–Crippen LogP) is 1.61. The van der Waals surface area contributed by atoms with Gasteiger partial charge in [-0.2, -0.15) is 5.10 Å². The average molecular weight is 390 g/mol. The summed E-state index contributed by atoms with van der Waals surface area (Å²) in [6.07, 6.45) is 5.09. The fourth-order valence-corrected chi connectivity index (χ4v) is 3.88. The van der Waals surface area contributed by atoms with Crippen LogP contribution in [0.15, 0.2) is 53.8 Å². The van der Waals surface area contributed by atoms with E-state index in [-0.39, 0.29) is 5.56 Å². The van der Waals surface area contributed by atoms with Crippen LogP contribution in [0.4, 0.5) is 0 Å². The highest BCUT2D eigenvalue weighted by Crippen LogP contribution is 2.20. The Morgan fingerprint density at radius 2 is 1.97 bits per heavy atom. The quantitative estimate of drug-likeness (QED) is 0.556. The lowest BCUT2D eigenvalue weighted by Gasteiger charge is -2.31. The van der Waals surface area contributed by atoms with Crippen molar-refractivity contribution in [2.75, 3.05) is 13.1 Å². The standard InChI is InChI=1S/C20H22N8O/c29-20-6-5-19(28-14-21-13-22-28)25-27(20)11-15-7-9-26(10-8-15)12-18-23-16-3-1-2-4-17(16)24-18/h1-6,13-15H,7-12H2,(H,23,24). The summed E-state index contributed by atoms with van der Waals surface area (Å²) in [7, 11) is 0. The lowest BCUT2D eigenvalue weighted by Crippen LogP contribution is -2.36.